The smallest absolute Gasteiger partial charge is 0.321 e. The van der Waals surface area contributed by atoms with Gasteiger partial charge in [-0.25, -0.2) is 13.6 Å². The van der Waals surface area contributed by atoms with Crippen molar-refractivity contribution in [3.8, 4) is 0 Å². The van der Waals surface area contributed by atoms with Gasteiger partial charge in [0.15, 0.2) is 0 Å². The number of nitrogens with zero attached hydrogens (tertiary/aromatic N) is 2. The van der Waals surface area contributed by atoms with Crippen LogP contribution < -0.4 is 5.32 Å². The SMILES string of the molecule is O=C(CSc1ccc(F)cc1F)N1CCN(C(=O)Nc2ccccc2)CC1. The zero-order chi connectivity index (χ0) is 19.2. The summed E-state index contributed by atoms with van der Waals surface area (Å²) >= 11 is 1.04. The fourth-order valence-electron chi connectivity index (χ4n) is 2.71. The second kappa shape index (κ2) is 8.85. The van der Waals surface area contributed by atoms with Gasteiger partial charge in [0.05, 0.1) is 5.75 Å². The third kappa shape index (κ3) is 5.19. The van der Waals surface area contributed by atoms with Gasteiger partial charge in [-0.15, -0.1) is 11.8 Å². The van der Waals surface area contributed by atoms with Crippen molar-refractivity contribution in [2.45, 2.75) is 4.90 Å². The molecule has 5 nitrogen and oxygen atoms in total. The first kappa shape index (κ1) is 19.2. The number of para-hydroxylation sites is 1. The molecule has 0 aromatic heterocycles. The Morgan fingerprint density at radius 2 is 1.63 bits per heavy atom. The highest BCUT2D eigenvalue weighted by atomic mass is 32.2. The largest absolute Gasteiger partial charge is 0.338 e. The van der Waals surface area contributed by atoms with E-state index in [1.807, 2.05) is 30.3 Å². The third-order valence-electron chi connectivity index (χ3n) is 4.19. The first-order valence-corrected chi connectivity index (χ1v) is 9.48. The highest BCUT2D eigenvalue weighted by Crippen LogP contribution is 2.23. The molecule has 0 radical (unpaired) electrons. The van der Waals surface area contributed by atoms with Crippen LogP contribution in [0.1, 0.15) is 0 Å². The number of halogens is 2. The molecule has 1 fully saturated rings. The number of carbonyl (C=O) groups is 2. The second-order valence-corrected chi connectivity index (χ2v) is 7.04. The average Bonchev–Trinajstić information content (AvgIpc) is 2.68. The minimum absolute atomic E-state index is 0.0682. The van der Waals surface area contributed by atoms with Gasteiger partial charge >= 0.3 is 6.03 Å². The zero-order valence-electron chi connectivity index (χ0n) is 14.5. The molecule has 2 aromatic carbocycles. The van der Waals surface area contributed by atoms with Gasteiger partial charge in [0, 0.05) is 42.8 Å². The zero-order valence-corrected chi connectivity index (χ0v) is 15.3. The minimum Gasteiger partial charge on any atom is -0.338 e. The molecule has 0 aliphatic carbocycles. The Morgan fingerprint density at radius 3 is 2.30 bits per heavy atom. The number of piperazine rings is 1. The summed E-state index contributed by atoms with van der Waals surface area (Å²) in [6, 6.07) is 12.3. The molecular formula is C19H19F2N3O2S. The molecule has 3 rings (SSSR count). The second-order valence-electron chi connectivity index (χ2n) is 6.03. The van der Waals surface area contributed by atoms with Gasteiger partial charge in [0.1, 0.15) is 11.6 Å². The molecule has 0 saturated carbocycles. The predicted molar refractivity (Wildman–Crippen MR) is 101 cm³/mol. The Balaban J connectivity index is 1.45. The number of hydrogen-bond acceptors (Lipinski definition) is 3. The summed E-state index contributed by atoms with van der Waals surface area (Å²) in [6.07, 6.45) is 0. The van der Waals surface area contributed by atoms with E-state index in [1.165, 1.54) is 12.1 Å². The summed E-state index contributed by atoms with van der Waals surface area (Å²) in [7, 11) is 0. The van der Waals surface area contributed by atoms with Gasteiger partial charge in [0.25, 0.3) is 0 Å². The van der Waals surface area contributed by atoms with E-state index < -0.39 is 11.6 Å². The fourth-order valence-corrected chi connectivity index (χ4v) is 3.53. The Kier molecular flexibility index (Phi) is 6.28. The van der Waals surface area contributed by atoms with E-state index in [-0.39, 0.29) is 22.6 Å². The van der Waals surface area contributed by atoms with Crippen molar-refractivity contribution in [2.24, 2.45) is 0 Å². The van der Waals surface area contributed by atoms with Crippen LogP contribution in [0.15, 0.2) is 53.4 Å². The lowest BCUT2D eigenvalue weighted by molar-refractivity contribution is -0.129. The summed E-state index contributed by atoms with van der Waals surface area (Å²) in [6.45, 7) is 1.71. The van der Waals surface area contributed by atoms with E-state index in [9.17, 15) is 18.4 Å². The van der Waals surface area contributed by atoms with Crippen molar-refractivity contribution >= 4 is 29.4 Å². The van der Waals surface area contributed by atoms with Gasteiger partial charge in [-0.05, 0) is 24.3 Å². The van der Waals surface area contributed by atoms with Gasteiger partial charge in [-0.2, -0.15) is 0 Å². The van der Waals surface area contributed by atoms with Crippen LogP contribution in [0.25, 0.3) is 0 Å². The Labute approximate surface area is 160 Å². The summed E-state index contributed by atoms with van der Waals surface area (Å²) in [5.41, 5.74) is 0.721. The summed E-state index contributed by atoms with van der Waals surface area (Å²) < 4.78 is 26.5. The predicted octanol–water partition coefficient (Wildman–Crippen LogP) is 3.43. The van der Waals surface area contributed by atoms with Crippen LogP contribution in [-0.2, 0) is 4.79 Å². The van der Waals surface area contributed by atoms with E-state index in [0.717, 1.165) is 23.5 Å². The molecule has 1 saturated heterocycles. The quantitative estimate of drug-likeness (QED) is 0.813. The standard InChI is InChI=1S/C19H19F2N3O2S/c20-14-6-7-17(16(21)12-14)27-13-18(25)23-8-10-24(11-9-23)19(26)22-15-4-2-1-3-5-15/h1-7,12H,8-11,13H2,(H,22,26). The van der Waals surface area contributed by atoms with Crippen molar-refractivity contribution in [2.75, 3.05) is 37.2 Å². The van der Waals surface area contributed by atoms with Gasteiger partial charge < -0.3 is 15.1 Å². The molecule has 0 bridgehead atoms. The topological polar surface area (TPSA) is 52.7 Å². The number of hydrogen-bond donors (Lipinski definition) is 1. The summed E-state index contributed by atoms with van der Waals surface area (Å²) in [5.74, 6) is -1.38. The van der Waals surface area contributed by atoms with Gasteiger partial charge in [-0.3, -0.25) is 4.79 Å². The van der Waals surface area contributed by atoms with Crippen molar-refractivity contribution in [3.05, 3.63) is 60.2 Å². The lowest BCUT2D eigenvalue weighted by atomic mass is 10.3. The molecule has 0 atom stereocenters. The highest BCUT2D eigenvalue weighted by molar-refractivity contribution is 8.00. The Bertz CT molecular complexity index is 812. The number of carbonyl (C=O) groups excluding carboxylic acids is 2. The van der Waals surface area contributed by atoms with Crippen molar-refractivity contribution in [1.82, 2.24) is 9.80 Å². The highest BCUT2D eigenvalue weighted by Gasteiger charge is 2.24. The van der Waals surface area contributed by atoms with Crippen LogP contribution >= 0.6 is 11.8 Å². The summed E-state index contributed by atoms with van der Waals surface area (Å²) in [4.78, 5) is 28.1. The van der Waals surface area contributed by atoms with Crippen molar-refractivity contribution < 1.29 is 18.4 Å². The number of benzene rings is 2. The number of amides is 3. The van der Waals surface area contributed by atoms with Crippen LogP contribution in [0, 0.1) is 11.6 Å². The van der Waals surface area contributed by atoms with E-state index in [0.29, 0.717) is 26.2 Å². The summed E-state index contributed by atoms with van der Waals surface area (Å²) in [5, 5.41) is 2.82. The molecule has 27 heavy (non-hydrogen) atoms. The molecule has 1 heterocycles. The number of rotatable bonds is 4. The first-order chi connectivity index (χ1) is 13.0. The van der Waals surface area contributed by atoms with Crippen LogP contribution in [0.3, 0.4) is 0 Å². The van der Waals surface area contributed by atoms with E-state index in [1.54, 1.807) is 9.80 Å². The molecule has 1 aliphatic heterocycles. The molecule has 1 N–H and O–H groups in total. The van der Waals surface area contributed by atoms with Gasteiger partial charge in [0.2, 0.25) is 5.91 Å². The lowest BCUT2D eigenvalue weighted by Gasteiger charge is -2.34. The third-order valence-corrected chi connectivity index (χ3v) is 5.22. The maximum atomic E-state index is 13.6. The fraction of sp³-hybridized carbons (Fsp3) is 0.263. The monoisotopic (exact) mass is 391 g/mol. The number of nitrogens with one attached hydrogen (secondary N) is 1. The van der Waals surface area contributed by atoms with Gasteiger partial charge in [-0.1, -0.05) is 18.2 Å². The van der Waals surface area contributed by atoms with Crippen LogP contribution in [0.4, 0.5) is 19.3 Å². The molecule has 0 unspecified atom stereocenters. The molecule has 0 spiro atoms. The molecule has 8 heteroatoms. The molecular weight excluding hydrogens is 372 g/mol. The van der Waals surface area contributed by atoms with Crippen molar-refractivity contribution in [1.29, 1.82) is 0 Å². The van der Waals surface area contributed by atoms with Crippen molar-refractivity contribution in [3.63, 3.8) is 0 Å². The van der Waals surface area contributed by atoms with Crippen LogP contribution in [0.2, 0.25) is 0 Å². The van der Waals surface area contributed by atoms with E-state index >= 15 is 0 Å². The molecule has 142 valence electrons. The van der Waals surface area contributed by atoms with E-state index in [2.05, 4.69) is 5.32 Å². The Hall–Kier alpha value is -2.61. The first-order valence-electron chi connectivity index (χ1n) is 8.49. The van der Waals surface area contributed by atoms with E-state index in [4.69, 9.17) is 0 Å². The average molecular weight is 391 g/mol. The molecule has 3 amide bonds. The number of anilines is 1. The maximum absolute atomic E-state index is 13.6. The lowest BCUT2D eigenvalue weighted by Crippen LogP contribution is -2.52. The number of thioether (sulfide) groups is 1. The maximum Gasteiger partial charge on any atom is 0.321 e. The van der Waals surface area contributed by atoms with Crippen LogP contribution in [-0.4, -0.2) is 53.7 Å². The molecule has 2 aromatic rings. The Morgan fingerprint density at radius 1 is 0.963 bits per heavy atom. The molecule has 1 aliphatic rings. The normalized spacial score (nSPS) is 14.1. The number of urea groups is 1. The minimum atomic E-state index is -0.671. The van der Waals surface area contributed by atoms with Crippen LogP contribution in [0.5, 0.6) is 0 Å².